The number of anilines is 1. The van der Waals surface area contributed by atoms with Crippen molar-refractivity contribution in [3.8, 4) is 0 Å². The van der Waals surface area contributed by atoms with Gasteiger partial charge in [-0.05, 0) is 31.2 Å². The summed E-state index contributed by atoms with van der Waals surface area (Å²) in [6.45, 7) is 1.89. The number of hydrogen-bond donors (Lipinski definition) is 1. The van der Waals surface area contributed by atoms with Gasteiger partial charge in [-0.25, -0.2) is 0 Å². The molecule has 17 heavy (non-hydrogen) atoms. The first-order valence-corrected chi connectivity index (χ1v) is 5.53. The van der Waals surface area contributed by atoms with Crippen LogP contribution < -0.4 is 5.32 Å². The number of carbonyl (C=O) groups is 1. The summed E-state index contributed by atoms with van der Waals surface area (Å²) >= 11 is 5.93. The molecule has 2 aromatic rings. The van der Waals surface area contributed by atoms with Crippen LogP contribution in [0.3, 0.4) is 0 Å². The van der Waals surface area contributed by atoms with E-state index in [9.17, 15) is 4.79 Å². The van der Waals surface area contributed by atoms with Crippen LogP contribution in [-0.2, 0) is 0 Å². The highest BCUT2D eigenvalue weighted by Gasteiger charge is 2.09. The Balaban J connectivity index is 2.17. The summed E-state index contributed by atoms with van der Waals surface area (Å²) in [5, 5.41) is 3.18. The third-order valence-electron chi connectivity index (χ3n) is 2.29. The molecule has 0 spiro atoms. The van der Waals surface area contributed by atoms with E-state index in [1.165, 1.54) is 0 Å². The van der Waals surface area contributed by atoms with Gasteiger partial charge in [0.25, 0.3) is 5.91 Å². The van der Waals surface area contributed by atoms with Crippen molar-refractivity contribution in [1.29, 1.82) is 0 Å². The van der Waals surface area contributed by atoms with Gasteiger partial charge in [0.1, 0.15) is 0 Å². The molecule has 0 radical (unpaired) electrons. The van der Waals surface area contributed by atoms with Crippen molar-refractivity contribution in [3.63, 3.8) is 0 Å². The lowest BCUT2D eigenvalue weighted by molar-refractivity contribution is 0.102. The summed E-state index contributed by atoms with van der Waals surface area (Å²) in [5.74, 6) is -0.235. The maximum Gasteiger partial charge on any atom is 0.257 e. The molecule has 1 N–H and O–H groups in total. The minimum absolute atomic E-state index is 0.235. The van der Waals surface area contributed by atoms with Gasteiger partial charge in [0.05, 0.1) is 22.5 Å². The number of hydrogen-bond acceptors (Lipinski definition) is 2. The van der Waals surface area contributed by atoms with E-state index in [-0.39, 0.29) is 5.91 Å². The molecule has 0 saturated carbocycles. The van der Waals surface area contributed by atoms with E-state index in [0.29, 0.717) is 16.3 Å². The standard InChI is InChI=1S/C13H11ClN2O/c1-9-6-7-10(8-15-9)16-13(17)11-4-2-3-5-12(11)14/h2-8H,1H3,(H,16,17). The van der Waals surface area contributed by atoms with Crippen molar-refractivity contribution in [3.05, 3.63) is 58.9 Å². The Labute approximate surface area is 104 Å². The molecule has 0 unspecified atom stereocenters. The lowest BCUT2D eigenvalue weighted by Crippen LogP contribution is -2.12. The normalized spacial score (nSPS) is 10.0. The number of aromatic nitrogens is 1. The molecule has 86 valence electrons. The van der Waals surface area contributed by atoms with Gasteiger partial charge in [-0.3, -0.25) is 9.78 Å². The molecule has 0 saturated heterocycles. The van der Waals surface area contributed by atoms with Gasteiger partial charge in [0, 0.05) is 5.69 Å². The van der Waals surface area contributed by atoms with E-state index in [2.05, 4.69) is 10.3 Å². The summed E-state index contributed by atoms with van der Waals surface area (Å²) in [6.07, 6.45) is 1.62. The van der Waals surface area contributed by atoms with E-state index < -0.39 is 0 Å². The maximum atomic E-state index is 11.9. The highest BCUT2D eigenvalue weighted by atomic mass is 35.5. The summed E-state index contributed by atoms with van der Waals surface area (Å²) in [7, 11) is 0. The van der Waals surface area contributed by atoms with Gasteiger partial charge in [0.2, 0.25) is 0 Å². The first-order chi connectivity index (χ1) is 8.16. The molecule has 0 fully saturated rings. The van der Waals surface area contributed by atoms with Crippen LogP contribution in [0, 0.1) is 6.92 Å². The summed E-state index contributed by atoms with van der Waals surface area (Å²) in [6, 6.07) is 10.6. The zero-order valence-corrected chi connectivity index (χ0v) is 10.0. The van der Waals surface area contributed by atoms with Crippen molar-refractivity contribution in [1.82, 2.24) is 4.98 Å². The third-order valence-corrected chi connectivity index (χ3v) is 2.62. The first kappa shape index (κ1) is 11.6. The Morgan fingerprint density at radius 1 is 1.24 bits per heavy atom. The fourth-order valence-electron chi connectivity index (χ4n) is 1.39. The van der Waals surface area contributed by atoms with Crippen LogP contribution in [-0.4, -0.2) is 10.9 Å². The lowest BCUT2D eigenvalue weighted by Gasteiger charge is -2.06. The van der Waals surface area contributed by atoms with Crippen LogP contribution in [0.2, 0.25) is 5.02 Å². The second-order valence-electron chi connectivity index (χ2n) is 3.62. The maximum absolute atomic E-state index is 11.9. The molecule has 0 atom stereocenters. The Kier molecular flexibility index (Phi) is 3.40. The largest absolute Gasteiger partial charge is 0.321 e. The second-order valence-corrected chi connectivity index (χ2v) is 4.03. The highest BCUT2D eigenvalue weighted by Crippen LogP contribution is 2.16. The fourth-order valence-corrected chi connectivity index (χ4v) is 1.61. The smallest absolute Gasteiger partial charge is 0.257 e. The average Bonchev–Trinajstić information content (AvgIpc) is 2.32. The number of amides is 1. The Morgan fingerprint density at radius 2 is 2.00 bits per heavy atom. The summed E-state index contributed by atoms with van der Waals surface area (Å²) in [4.78, 5) is 16.0. The van der Waals surface area contributed by atoms with Gasteiger partial charge < -0.3 is 5.32 Å². The minimum Gasteiger partial charge on any atom is -0.321 e. The molecule has 0 aliphatic carbocycles. The fraction of sp³-hybridized carbons (Fsp3) is 0.0769. The number of nitrogens with zero attached hydrogens (tertiary/aromatic N) is 1. The van der Waals surface area contributed by atoms with Crippen molar-refractivity contribution in [2.24, 2.45) is 0 Å². The molecule has 1 heterocycles. The number of pyridine rings is 1. The predicted octanol–water partition coefficient (Wildman–Crippen LogP) is 3.30. The predicted molar refractivity (Wildman–Crippen MR) is 68.4 cm³/mol. The Bertz CT molecular complexity index is 537. The Hall–Kier alpha value is -1.87. The molecule has 0 aliphatic rings. The third kappa shape index (κ3) is 2.82. The van der Waals surface area contributed by atoms with Crippen molar-refractivity contribution in [2.75, 3.05) is 5.32 Å². The van der Waals surface area contributed by atoms with E-state index in [0.717, 1.165) is 5.69 Å². The summed E-state index contributed by atoms with van der Waals surface area (Å²) < 4.78 is 0. The van der Waals surface area contributed by atoms with Gasteiger partial charge in [-0.1, -0.05) is 23.7 Å². The van der Waals surface area contributed by atoms with Crippen LogP contribution in [0.4, 0.5) is 5.69 Å². The Morgan fingerprint density at radius 3 is 2.65 bits per heavy atom. The minimum atomic E-state index is -0.235. The monoisotopic (exact) mass is 246 g/mol. The number of nitrogens with one attached hydrogen (secondary N) is 1. The molecular formula is C13H11ClN2O. The number of carbonyl (C=O) groups excluding carboxylic acids is 1. The molecule has 1 amide bonds. The molecular weight excluding hydrogens is 236 g/mol. The van der Waals surface area contributed by atoms with Crippen LogP contribution in [0.15, 0.2) is 42.6 Å². The SMILES string of the molecule is Cc1ccc(NC(=O)c2ccccc2Cl)cn1. The highest BCUT2D eigenvalue weighted by molar-refractivity contribution is 6.34. The average molecular weight is 247 g/mol. The number of aryl methyl sites for hydroxylation is 1. The van der Waals surface area contributed by atoms with Crippen molar-refractivity contribution >= 4 is 23.2 Å². The van der Waals surface area contributed by atoms with Crippen LogP contribution in [0.5, 0.6) is 0 Å². The van der Waals surface area contributed by atoms with Crippen molar-refractivity contribution < 1.29 is 4.79 Å². The molecule has 0 bridgehead atoms. The van der Waals surface area contributed by atoms with Crippen LogP contribution in [0.25, 0.3) is 0 Å². The van der Waals surface area contributed by atoms with E-state index in [1.807, 2.05) is 13.0 Å². The van der Waals surface area contributed by atoms with Crippen LogP contribution in [0.1, 0.15) is 16.1 Å². The summed E-state index contributed by atoms with van der Waals surface area (Å²) in [5.41, 5.74) is 2.01. The van der Waals surface area contributed by atoms with Crippen molar-refractivity contribution in [2.45, 2.75) is 6.92 Å². The molecule has 1 aromatic carbocycles. The zero-order chi connectivity index (χ0) is 12.3. The zero-order valence-electron chi connectivity index (χ0n) is 9.27. The van der Waals surface area contributed by atoms with Gasteiger partial charge in [-0.2, -0.15) is 0 Å². The molecule has 4 heteroatoms. The number of rotatable bonds is 2. The lowest BCUT2D eigenvalue weighted by atomic mass is 10.2. The van der Waals surface area contributed by atoms with Crippen LogP contribution >= 0.6 is 11.6 Å². The number of halogens is 1. The molecule has 2 rings (SSSR count). The molecule has 0 aliphatic heterocycles. The number of benzene rings is 1. The molecule has 1 aromatic heterocycles. The topological polar surface area (TPSA) is 42.0 Å². The van der Waals surface area contributed by atoms with E-state index in [1.54, 1.807) is 36.5 Å². The van der Waals surface area contributed by atoms with E-state index >= 15 is 0 Å². The van der Waals surface area contributed by atoms with E-state index in [4.69, 9.17) is 11.6 Å². The van der Waals surface area contributed by atoms with Gasteiger partial charge >= 0.3 is 0 Å². The van der Waals surface area contributed by atoms with Gasteiger partial charge in [0.15, 0.2) is 0 Å². The second kappa shape index (κ2) is 4.97. The molecule has 3 nitrogen and oxygen atoms in total. The first-order valence-electron chi connectivity index (χ1n) is 5.15. The van der Waals surface area contributed by atoms with Gasteiger partial charge in [-0.15, -0.1) is 0 Å². The quantitative estimate of drug-likeness (QED) is 0.884.